The van der Waals surface area contributed by atoms with Crippen LogP contribution in [-0.4, -0.2) is 41.9 Å². The highest BCUT2D eigenvalue weighted by Crippen LogP contribution is 2.35. The van der Waals surface area contributed by atoms with Gasteiger partial charge in [-0.15, -0.1) is 0 Å². The molecule has 1 aromatic rings. The number of rotatable bonds is 5. The quantitative estimate of drug-likeness (QED) is 0.903. The molecule has 2 aliphatic rings. The molecule has 2 unspecified atom stereocenters. The van der Waals surface area contributed by atoms with E-state index in [1.165, 1.54) is 11.1 Å². The van der Waals surface area contributed by atoms with Gasteiger partial charge in [-0.05, 0) is 43.2 Å². The van der Waals surface area contributed by atoms with Crippen LogP contribution in [0.5, 0.6) is 0 Å². The molecule has 130 valence electrons. The lowest BCUT2D eigenvalue weighted by Gasteiger charge is -2.39. The van der Waals surface area contributed by atoms with Gasteiger partial charge in [0.25, 0.3) is 0 Å². The maximum absolute atomic E-state index is 10.7. The first-order chi connectivity index (χ1) is 11.7. The van der Waals surface area contributed by atoms with Crippen molar-refractivity contribution in [2.75, 3.05) is 19.8 Å². The molecule has 0 amide bonds. The van der Waals surface area contributed by atoms with Crippen LogP contribution < -0.4 is 0 Å². The lowest BCUT2D eigenvalue weighted by Crippen LogP contribution is -2.45. The van der Waals surface area contributed by atoms with Crippen LogP contribution in [-0.2, 0) is 17.7 Å². The number of nitriles is 1. The maximum atomic E-state index is 10.7. The summed E-state index contributed by atoms with van der Waals surface area (Å²) in [5.41, 5.74) is 2.40. The molecule has 0 aliphatic carbocycles. The van der Waals surface area contributed by atoms with Gasteiger partial charge in [0.15, 0.2) is 0 Å². The predicted octanol–water partition coefficient (Wildman–Crippen LogP) is 2.89. The molecule has 3 rings (SSSR count). The summed E-state index contributed by atoms with van der Waals surface area (Å²) in [6.07, 6.45) is 3.71. The summed E-state index contributed by atoms with van der Waals surface area (Å²) in [7, 11) is 0. The van der Waals surface area contributed by atoms with E-state index in [0.717, 1.165) is 32.2 Å². The molecule has 24 heavy (non-hydrogen) atoms. The van der Waals surface area contributed by atoms with E-state index in [-0.39, 0.29) is 0 Å². The minimum absolute atomic E-state index is 0.410. The molecule has 0 bridgehead atoms. The van der Waals surface area contributed by atoms with Crippen molar-refractivity contribution in [2.45, 2.75) is 57.7 Å². The van der Waals surface area contributed by atoms with Crippen molar-refractivity contribution >= 4 is 0 Å². The normalized spacial score (nSPS) is 24.8. The van der Waals surface area contributed by atoms with Gasteiger partial charge in [-0.2, -0.15) is 5.26 Å². The highest BCUT2D eigenvalue weighted by atomic mass is 16.5. The fourth-order valence-electron chi connectivity index (χ4n) is 4.17. The Kier molecular flexibility index (Phi) is 5.55. The number of hydrogen-bond acceptors (Lipinski definition) is 4. The zero-order valence-corrected chi connectivity index (χ0v) is 14.6. The molecule has 0 saturated carbocycles. The molecular weight excluding hydrogens is 300 g/mol. The van der Waals surface area contributed by atoms with E-state index in [1.54, 1.807) is 0 Å². The fourth-order valence-corrected chi connectivity index (χ4v) is 4.17. The Bertz CT molecular complexity index is 590. The zero-order valence-electron chi connectivity index (χ0n) is 14.6. The SMILES string of the molecule is CCC1Cc2ccccc2CN1CC(O)CC1(C#N)CCOCC1. The Hall–Kier alpha value is -1.41. The fraction of sp³-hybridized carbons (Fsp3) is 0.650. The first-order valence-corrected chi connectivity index (χ1v) is 9.14. The number of benzene rings is 1. The predicted molar refractivity (Wildman–Crippen MR) is 93.4 cm³/mol. The number of β-amino-alcohol motifs (C(OH)–C–C–N with tert-alkyl or cyclic N) is 1. The molecule has 2 aliphatic heterocycles. The van der Waals surface area contributed by atoms with E-state index >= 15 is 0 Å². The van der Waals surface area contributed by atoms with Crippen molar-refractivity contribution in [3.05, 3.63) is 35.4 Å². The van der Waals surface area contributed by atoms with Crippen molar-refractivity contribution in [3.63, 3.8) is 0 Å². The molecule has 0 radical (unpaired) electrons. The molecule has 4 heteroatoms. The third-order valence-electron chi connectivity index (χ3n) is 5.69. The standard InChI is InChI=1S/C20H28N2O2/c1-2-18-11-16-5-3-4-6-17(16)13-22(18)14-19(23)12-20(15-21)7-9-24-10-8-20/h3-6,18-19,23H,2,7-14H2,1H3. The number of aliphatic hydroxyl groups is 1. The van der Waals surface area contributed by atoms with Crippen molar-refractivity contribution in [3.8, 4) is 6.07 Å². The molecule has 1 fully saturated rings. The minimum Gasteiger partial charge on any atom is -0.392 e. The van der Waals surface area contributed by atoms with Crippen molar-refractivity contribution in [1.82, 2.24) is 4.90 Å². The monoisotopic (exact) mass is 328 g/mol. The summed E-state index contributed by atoms with van der Waals surface area (Å²) in [6, 6.07) is 11.6. The van der Waals surface area contributed by atoms with E-state index < -0.39 is 11.5 Å². The number of ether oxygens (including phenoxy) is 1. The number of nitrogens with zero attached hydrogens (tertiary/aromatic N) is 2. The first-order valence-electron chi connectivity index (χ1n) is 9.14. The molecule has 0 aromatic heterocycles. The van der Waals surface area contributed by atoms with E-state index in [2.05, 4.69) is 42.2 Å². The van der Waals surface area contributed by atoms with Crippen LogP contribution in [0.2, 0.25) is 0 Å². The van der Waals surface area contributed by atoms with Crippen molar-refractivity contribution < 1.29 is 9.84 Å². The summed E-state index contributed by atoms with van der Waals surface area (Å²) in [4.78, 5) is 2.40. The highest BCUT2D eigenvalue weighted by Gasteiger charge is 2.36. The zero-order chi connectivity index (χ0) is 17.0. The molecule has 0 spiro atoms. The van der Waals surface area contributed by atoms with Gasteiger partial charge in [0.05, 0.1) is 17.6 Å². The summed E-state index contributed by atoms with van der Waals surface area (Å²) in [6.45, 7) is 5.03. The van der Waals surface area contributed by atoms with Gasteiger partial charge in [0.2, 0.25) is 0 Å². The largest absolute Gasteiger partial charge is 0.392 e. The van der Waals surface area contributed by atoms with Crippen LogP contribution in [0.1, 0.15) is 43.7 Å². The Balaban J connectivity index is 1.65. The Morgan fingerprint density at radius 3 is 2.71 bits per heavy atom. The topological polar surface area (TPSA) is 56.5 Å². The smallest absolute Gasteiger partial charge is 0.0692 e. The maximum Gasteiger partial charge on any atom is 0.0692 e. The van der Waals surface area contributed by atoms with Crippen LogP contribution in [0, 0.1) is 16.7 Å². The molecule has 1 N–H and O–H groups in total. The number of fused-ring (bicyclic) bond motifs is 1. The number of hydrogen-bond donors (Lipinski definition) is 1. The second-order valence-electron chi connectivity index (χ2n) is 7.33. The highest BCUT2D eigenvalue weighted by molar-refractivity contribution is 5.30. The van der Waals surface area contributed by atoms with Crippen LogP contribution in [0.25, 0.3) is 0 Å². The van der Waals surface area contributed by atoms with E-state index in [0.29, 0.717) is 32.2 Å². The lowest BCUT2D eigenvalue weighted by molar-refractivity contribution is -0.000359. The number of aliphatic hydroxyl groups excluding tert-OH is 1. The van der Waals surface area contributed by atoms with Gasteiger partial charge in [-0.3, -0.25) is 4.90 Å². The van der Waals surface area contributed by atoms with E-state index in [9.17, 15) is 10.4 Å². The second-order valence-corrected chi connectivity index (χ2v) is 7.33. The average molecular weight is 328 g/mol. The third-order valence-corrected chi connectivity index (χ3v) is 5.69. The summed E-state index contributed by atoms with van der Waals surface area (Å²) < 4.78 is 5.39. The second kappa shape index (κ2) is 7.65. The lowest BCUT2D eigenvalue weighted by atomic mass is 9.77. The molecule has 2 heterocycles. The Labute approximate surface area is 145 Å². The van der Waals surface area contributed by atoms with Gasteiger partial charge in [-0.25, -0.2) is 0 Å². The Morgan fingerprint density at radius 1 is 1.33 bits per heavy atom. The molecule has 2 atom stereocenters. The van der Waals surface area contributed by atoms with Crippen LogP contribution in [0.15, 0.2) is 24.3 Å². The molecule has 1 saturated heterocycles. The molecule has 1 aromatic carbocycles. The van der Waals surface area contributed by atoms with Gasteiger partial charge in [0, 0.05) is 32.3 Å². The van der Waals surface area contributed by atoms with Gasteiger partial charge >= 0.3 is 0 Å². The summed E-state index contributed by atoms with van der Waals surface area (Å²) in [5.74, 6) is 0. The first kappa shape index (κ1) is 17.4. The van der Waals surface area contributed by atoms with Gasteiger partial charge in [-0.1, -0.05) is 31.2 Å². The average Bonchev–Trinajstić information content (AvgIpc) is 2.61. The van der Waals surface area contributed by atoms with Gasteiger partial charge in [0.1, 0.15) is 0 Å². The van der Waals surface area contributed by atoms with Crippen LogP contribution in [0.3, 0.4) is 0 Å². The van der Waals surface area contributed by atoms with E-state index in [4.69, 9.17) is 4.74 Å². The molecule has 4 nitrogen and oxygen atoms in total. The third kappa shape index (κ3) is 3.80. The minimum atomic E-state index is -0.456. The van der Waals surface area contributed by atoms with Crippen molar-refractivity contribution in [1.29, 1.82) is 5.26 Å². The van der Waals surface area contributed by atoms with Crippen LogP contribution in [0.4, 0.5) is 0 Å². The van der Waals surface area contributed by atoms with Crippen LogP contribution >= 0.6 is 0 Å². The summed E-state index contributed by atoms with van der Waals surface area (Å²) >= 11 is 0. The van der Waals surface area contributed by atoms with Gasteiger partial charge < -0.3 is 9.84 Å². The van der Waals surface area contributed by atoms with E-state index in [1.807, 2.05) is 0 Å². The summed E-state index contributed by atoms with van der Waals surface area (Å²) in [5, 5.41) is 20.3. The molecular formula is C20H28N2O2. The van der Waals surface area contributed by atoms with Crippen molar-refractivity contribution in [2.24, 2.45) is 5.41 Å². The Morgan fingerprint density at radius 2 is 2.04 bits per heavy atom.